The zero-order valence-corrected chi connectivity index (χ0v) is 13.6. The Morgan fingerprint density at radius 3 is 2.82 bits per heavy atom. The van der Waals surface area contributed by atoms with Gasteiger partial charge in [0.15, 0.2) is 5.11 Å². The average molecular weight is 322 g/mol. The Kier molecular flexibility index (Phi) is 6.61. The van der Waals surface area contributed by atoms with Crippen LogP contribution in [0.4, 0.5) is 0 Å². The van der Waals surface area contributed by atoms with E-state index >= 15 is 0 Å². The molecule has 22 heavy (non-hydrogen) atoms. The van der Waals surface area contributed by atoms with E-state index in [0.717, 1.165) is 31.6 Å². The van der Waals surface area contributed by atoms with Crippen LogP contribution in [0.3, 0.4) is 0 Å². The van der Waals surface area contributed by atoms with Crippen molar-refractivity contribution in [2.75, 3.05) is 19.8 Å². The standard InChI is InChI=1S/C16H22N2O3S/c1-2-9-20-13-7-5-12(6-8-13)15(19)18-16(22)17-11-14-4-3-10-21-14/h5-8,14H,2-4,9-11H2,1H3,(H2,17,18,19,22). The van der Waals surface area contributed by atoms with Gasteiger partial charge in [0.05, 0.1) is 12.7 Å². The van der Waals surface area contributed by atoms with Gasteiger partial charge in [-0.15, -0.1) is 0 Å². The van der Waals surface area contributed by atoms with Crippen LogP contribution in [0.25, 0.3) is 0 Å². The summed E-state index contributed by atoms with van der Waals surface area (Å²) in [6.45, 7) is 4.15. The molecular formula is C16H22N2O3S. The topological polar surface area (TPSA) is 59.6 Å². The van der Waals surface area contributed by atoms with Crippen LogP contribution in [0.5, 0.6) is 5.75 Å². The predicted octanol–water partition coefficient (Wildman–Crippen LogP) is 2.26. The largest absolute Gasteiger partial charge is 0.494 e. The number of rotatable bonds is 6. The van der Waals surface area contributed by atoms with E-state index in [2.05, 4.69) is 10.6 Å². The molecule has 1 aliphatic rings. The summed E-state index contributed by atoms with van der Waals surface area (Å²) in [5.74, 6) is 0.532. The SMILES string of the molecule is CCCOc1ccc(C(=O)NC(=S)NCC2CCCO2)cc1. The van der Waals surface area contributed by atoms with Crippen molar-refractivity contribution in [3.05, 3.63) is 29.8 Å². The second-order valence-corrected chi connectivity index (χ2v) is 5.58. The summed E-state index contributed by atoms with van der Waals surface area (Å²) in [6.07, 6.45) is 3.25. The lowest BCUT2D eigenvalue weighted by molar-refractivity contribution is 0.0973. The number of hydrogen-bond acceptors (Lipinski definition) is 4. The van der Waals surface area contributed by atoms with E-state index in [1.165, 1.54) is 0 Å². The second kappa shape index (κ2) is 8.70. The number of amides is 1. The van der Waals surface area contributed by atoms with Crippen LogP contribution in [-0.4, -0.2) is 36.9 Å². The summed E-state index contributed by atoms with van der Waals surface area (Å²) in [6, 6.07) is 7.02. The lowest BCUT2D eigenvalue weighted by Gasteiger charge is -2.13. The maximum Gasteiger partial charge on any atom is 0.257 e. The van der Waals surface area contributed by atoms with Gasteiger partial charge in [-0.25, -0.2) is 0 Å². The summed E-state index contributed by atoms with van der Waals surface area (Å²) in [4.78, 5) is 12.1. The molecule has 1 saturated heterocycles. The molecule has 5 nitrogen and oxygen atoms in total. The zero-order chi connectivity index (χ0) is 15.8. The molecule has 1 atom stereocenters. The highest BCUT2D eigenvalue weighted by Gasteiger charge is 2.16. The van der Waals surface area contributed by atoms with Crippen molar-refractivity contribution in [2.24, 2.45) is 0 Å². The van der Waals surface area contributed by atoms with Crippen molar-refractivity contribution in [1.29, 1.82) is 0 Å². The van der Waals surface area contributed by atoms with Crippen LogP contribution >= 0.6 is 12.2 Å². The van der Waals surface area contributed by atoms with Crippen molar-refractivity contribution >= 4 is 23.2 Å². The summed E-state index contributed by atoms with van der Waals surface area (Å²) in [7, 11) is 0. The Hall–Kier alpha value is -1.66. The molecule has 1 heterocycles. The molecule has 1 aromatic carbocycles. The lowest BCUT2D eigenvalue weighted by atomic mass is 10.2. The van der Waals surface area contributed by atoms with E-state index in [1.807, 2.05) is 6.92 Å². The van der Waals surface area contributed by atoms with Gasteiger partial charge in [-0.3, -0.25) is 10.1 Å². The summed E-state index contributed by atoms with van der Waals surface area (Å²) in [5, 5.41) is 6.01. The molecule has 0 radical (unpaired) electrons. The Labute approximate surface area is 136 Å². The Bertz CT molecular complexity index is 499. The van der Waals surface area contributed by atoms with Crippen molar-refractivity contribution in [2.45, 2.75) is 32.3 Å². The van der Waals surface area contributed by atoms with Crippen LogP contribution < -0.4 is 15.4 Å². The van der Waals surface area contributed by atoms with E-state index in [4.69, 9.17) is 21.7 Å². The molecule has 0 saturated carbocycles. The minimum Gasteiger partial charge on any atom is -0.494 e. The molecular weight excluding hydrogens is 300 g/mol. The van der Waals surface area contributed by atoms with E-state index in [-0.39, 0.29) is 12.0 Å². The number of carbonyl (C=O) groups is 1. The fourth-order valence-corrected chi connectivity index (χ4v) is 2.33. The highest BCUT2D eigenvalue weighted by Crippen LogP contribution is 2.12. The van der Waals surface area contributed by atoms with Gasteiger partial charge in [0.25, 0.3) is 5.91 Å². The molecule has 6 heteroatoms. The molecule has 1 amide bonds. The molecule has 1 aliphatic heterocycles. The molecule has 120 valence electrons. The quantitative estimate of drug-likeness (QED) is 0.787. The molecule has 1 unspecified atom stereocenters. The van der Waals surface area contributed by atoms with Gasteiger partial charge >= 0.3 is 0 Å². The van der Waals surface area contributed by atoms with Gasteiger partial charge in [-0.05, 0) is 55.7 Å². The normalized spacial score (nSPS) is 17.0. The van der Waals surface area contributed by atoms with Gasteiger partial charge in [-0.2, -0.15) is 0 Å². The fraction of sp³-hybridized carbons (Fsp3) is 0.500. The summed E-state index contributed by atoms with van der Waals surface area (Å²) >= 11 is 5.12. The summed E-state index contributed by atoms with van der Waals surface area (Å²) < 4.78 is 11.0. The number of carbonyl (C=O) groups excluding carboxylic acids is 1. The molecule has 2 N–H and O–H groups in total. The Morgan fingerprint density at radius 1 is 1.41 bits per heavy atom. The van der Waals surface area contributed by atoms with Crippen molar-refractivity contribution in [1.82, 2.24) is 10.6 Å². The molecule has 0 spiro atoms. The van der Waals surface area contributed by atoms with E-state index in [1.54, 1.807) is 24.3 Å². The zero-order valence-electron chi connectivity index (χ0n) is 12.8. The van der Waals surface area contributed by atoms with E-state index in [9.17, 15) is 4.79 Å². The average Bonchev–Trinajstić information content (AvgIpc) is 3.05. The maximum absolute atomic E-state index is 12.1. The number of thiocarbonyl (C=S) groups is 1. The minimum atomic E-state index is -0.230. The van der Waals surface area contributed by atoms with Crippen LogP contribution in [-0.2, 0) is 4.74 Å². The molecule has 0 aliphatic carbocycles. The van der Waals surface area contributed by atoms with Crippen molar-refractivity contribution in [3.63, 3.8) is 0 Å². The first kappa shape index (κ1) is 16.7. The van der Waals surface area contributed by atoms with Gasteiger partial charge in [0.2, 0.25) is 0 Å². The first-order valence-corrected chi connectivity index (χ1v) is 8.03. The van der Waals surface area contributed by atoms with Crippen LogP contribution in [0.2, 0.25) is 0 Å². The first-order valence-electron chi connectivity index (χ1n) is 7.62. The molecule has 1 aromatic rings. The maximum atomic E-state index is 12.1. The smallest absolute Gasteiger partial charge is 0.257 e. The third kappa shape index (κ3) is 5.27. The molecule has 0 bridgehead atoms. The Balaban J connectivity index is 1.76. The van der Waals surface area contributed by atoms with Crippen LogP contribution in [0.1, 0.15) is 36.5 Å². The van der Waals surface area contributed by atoms with Crippen LogP contribution in [0.15, 0.2) is 24.3 Å². The molecule has 0 aromatic heterocycles. The Morgan fingerprint density at radius 2 is 2.18 bits per heavy atom. The molecule has 2 rings (SSSR count). The van der Waals surface area contributed by atoms with Gasteiger partial charge in [-0.1, -0.05) is 6.92 Å². The second-order valence-electron chi connectivity index (χ2n) is 5.17. The lowest BCUT2D eigenvalue weighted by Crippen LogP contribution is -2.42. The third-order valence-electron chi connectivity index (χ3n) is 3.33. The fourth-order valence-electron chi connectivity index (χ4n) is 2.15. The summed E-state index contributed by atoms with van der Waals surface area (Å²) in [5.41, 5.74) is 0.546. The van der Waals surface area contributed by atoms with Gasteiger partial charge < -0.3 is 14.8 Å². The number of hydrogen-bond donors (Lipinski definition) is 2. The highest BCUT2D eigenvalue weighted by molar-refractivity contribution is 7.80. The van der Waals surface area contributed by atoms with Crippen LogP contribution in [0, 0.1) is 0 Å². The third-order valence-corrected chi connectivity index (χ3v) is 3.58. The van der Waals surface area contributed by atoms with Crippen molar-refractivity contribution in [3.8, 4) is 5.75 Å². The monoisotopic (exact) mass is 322 g/mol. The van der Waals surface area contributed by atoms with Gasteiger partial charge in [0.1, 0.15) is 5.75 Å². The number of nitrogens with one attached hydrogen (secondary N) is 2. The van der Waals surface area contributed by atoms with Gasteiger partial charge in [0, 0.05) is 18.7 Å². The number of ether oxygens (including phenoxy) is 2. The van der Waals surface area contributed by atoms with E-state index in [0.29, 0.717) is 23.8 Å². The highest BCUT2D eigenvalue weighted by atomic mass is 32.1. The van der Waals surface area contributed by atoms with Crippen molar-refractivity contribution < 1.29 is 14.3 Å². The first-order chi connectivity index (χ1) is 10.7. The predicted molar refractivity (Wildman–Crippen MR) is 89.3 cm³/mol. The number of benzene rings is 1. The molecule has 1 fully saturated rings. The minimum absolute atomic E-state index is 0.185. The van der Waals surface area contributed by atoms with E-state index < -0.39 is 0 Å².